The molecule has 0 aliphatic heterocycles. The van der Waals surface area contributed by atoms with Crippen LogP contribution in [0.2, 0.25) is 0 Å². The predicted octanol–water partition coefficient (Wildman–Crippen LogP) is 2.33. The summed E-state index contributed by atoms with van der Waals surface area (Å²) in [5.74, 6) is 0. The van der Waals surface area contributed by atoms with E-state index in [0.29, 0.717) is 0 Å². The Kier molecular flexibility index (Phi) is 2.90. The Bertz CT molecular complexity index is 176. The first kappa shape index (κ1) is 7.13. The van der Waals surface area contributed by atoms with Crippen molar-refractivity contribution >= 4 is 52.9 Å². The SMILES string of the molecule is ISn1cnc(I)c1. The molecule has 0 unspecified atom stereocenters. The molecule has 0 amide bonds. The molecule has 0 spiro atoms. The number of nitrogens with zero attached hydrogens (tertiary/aromatic N) is 2. The lowest BCUT2D eigenvalue weighted by molar-refractivity contribution is 1.24. The Morgan fingerprint density at radius 3 is 2.75 bits per heavy atom. The molecule has 1 aromatic rings. The number of imidazole rings is 1. The van der Waals surface area contributed by atoms with Crippen LogP contribution in [0.3, 0.4) is 0 Å². The van der Waals surface area contributed by atoms with Crippen LogP contribution >= 0.6 is 52.9 Å². The molecule has 8 heavy (non-hydrogen) atoms. The maximum Gasteiger partial charge on any atom is 0.120 e. The van der Waals surface area contributed by atoms with Crippen LogP contribution in [-0.4, -0.2) is 8.96 Å². The van der Waals surface area contributed by atoms with Crippen LogP contribution in [0.5, 0.6) is 0 Å². The monoisotopic (exact) mass is 352 g/mol. The first-order valence-corrected chi connectivity index (χ1v) is 6.21. The molecule has 2 nitrogen and oxygen atoms in total. The van der Waals surface area contributed by atoms with E-state index >= 15 is 0 Å². The summed E-state index contributed by atoms with van der Waals surface area (Å²) in [6.45, 7) is 0. The van der Waals surface area contributed by atoms with Crippen LogP contribution in [0.15, 0.2) is 12.5 Å². The van der Waals surface area contributed by atoms with Crippen molar-refractivity contribution in [3.05, 3.63) is 16.2 Å². The van der Waals surface area contributed by atoms with Crippen molar-refractivity contribution in [1.29, 1.82) is 0 Å². The molecule has 0 radical (unpaired) electrons. The molecule has 0 N–H and O–H groups in total. The second-order valence-electron chi connectivity index (χ2n) is 1.13. The van der Waals surface area contributed by atoms with Gasteiger partial charge in [-0.2, -0.15) is 0 Å². The zero-order chi connectivity index (χ0) is 5.98. The Hall–Kier alpha value is 1.02. The number of halogens is 2. The molecule has 1 rings (SSSR count). The number of aromatic nitrogens is 2. The van der Waals surface area contributed by atoms with Gasteiger partial charge in [-0.05, 0) is 22.6 Å². The van der Waals surface area contributed by atoms with E-state index in [-0.39, 0.29) is 0 Å². The van der Waals surface area contributed by atoms with Crippen LogP contribution in [0.4, 0.5) is 0 Å². The predicted molar refractivity (Wildman–Crippen MR) is 52.0 cm³/mol. The van der Waals surface area contributed by atoms with Gasteiger partial charge in [0.15, 0.2) is 0 Å². The van der Waals surface area contributed by atoms with Gasteiger partial charge in [0.2, 0.25) is 0 Å². The Labute approximate surface area is 77.3 Å². The topological polar surface area (TPSA) is 17.8 Å². The number of rotatable bonds is 1. The van der Waals surface area contributed by atoms with E-state index in [2.05, 4.69) is 48.8 Å². The zero-order valence-electron chi connectivity index (χ0n) is 3.71. The highest BCUT2D eigenvalue weighted by molar-refractivity contribution is 14.2. The molecule has 1 heterocycles. The van der Waals surface area contributed by atoms with E-state index in [1.54, 1.807) is 15.4 Å². The zero-order valence-corrected chi connectivity index (χ0v) is 8.84. The third kappa shape index (κ3) is 1.76. The van der Waals surface area contributed by atoms with Crippen LogP contribution in [0, 0.1) is 3.70 Å². The van der Waals surface area contributed by atoms with Gasteiger partial charge in [-0.1, -0.05) is 0 Å². The minimum absolute atomic E-state index is 1.03. The second kappa shape index (κ2) is 3.25. The van der Waals surface area contributed by atoms with Gasteiger partial charge in [0.25, 0.3) is 0 Å². The smallest absolute Gasteiger partial charge is 0.120 e. The molecule has 0 saturated carbocycles. The quantitative estimate of drug-likeness (QED) is 0.723. The minimum atomic E-state index is 1.03. The second-order valence-corrected chi connectivity index (χ2v) is 3.97. The van der Waals surface area contributed by atoms with Crippen LogP contribution in [0.25, 0.3) is 0 Å². The summed E-state index contributed by atoms with van der Waals surface area (Å²) in [6.07, 6.45) is 3.76. The molecule has 0 saturated heterocycles. The van der Waals surface area contributed by atoms with E-state index in [9.17, 15) is 0 Å². The van der Waals surface area contributed by atoms with Gasteiger partial charge in [0.1, 0.15) is 10.0 Å². The highest BCUT2D eigenvalue weighted by Gasteiger charge is 1.89. The summed E-state index contributed by atoms with van der Waals surface area (Å²) in [7, 11) is 1.61. The van der Waals surface area contributed by atoms with Gasteiger partial charge in [-0.3, -0.25) is 3.97 Å². The lowest BCUT2D eigenvalue weighted by atomic mass is 11.0. The number of hydrogen-bond donors (Lipinski definition) is 0. The van der Waals surface area contributed by atoms with Gasteiger partial charge >= 0.3 is 0 Å². The first-order chi connectivity index (χ1) is 3.83. The molecule has 0 aliphatic rings. The highest BCUT2D eigenvalue weighted by atomic mass is 127. The van der Waals surface area contributed by atoms with Gasteiger partial charge < -0.3 is 0 Å². The largest absolute Gasteiger partial charge is 0.270 e. The summed E-state index contributed by atoms with van der Waals surface area (Å²) < 4.78 is 2.98. The summed E-state index contributed by atoms with van der Waals surface area (Å²) in [4.78, 5) is 4.01. The molecule has 1 aromatic heterocycles. The van der Waals surface area contributed by atoms with Crippen molar-refractivity contribution in [2.24, 2.45) is 0 Å². The molecule has 0 fully saturated rings. The molecule has 0 aromatic carbocycles. The van der Waals surface area contributed by atoms with Crippen LogP contribution in [-0.2, 0) is 0 Å². The molecule has 0 atom stereocenters. The third-order valence-corrected chi connectivity index (χ3v) is 2.89. The third-order valence-electron chi connectivity index (χ3n) is 0.608. The van der Waals surface area contributed by atoms with Crippen molar-refractivity contribution in [2.45, 2.75) is 0 Å². The van der Waals surface area contributed by atoms with Crippen LogP contribution in [0.1, 0.15) is 0 Å². The average molecular weight is 352 g/mol. The summed E-state index contributed by atoms with van der Waals surface area (Å²) in [6, 6.07) is 0. The van der Waals surface area contributed by atoms with Gasteiger partial charge in [-0.15, -0.1) is 0 Å². The van der Waals surface area contributed by atoms with Gasteiger partial charge in [0.05, 0.1) is 6.20 Å². The standard InChI is InChI=1S/C3H2I2N2S/c4-3-1-7(8-5)2-6-3/h1-2H. The summed E-state index contributed by atoms with van der Waals surface area (Å²) in [5, 5.41) is 0. The van der Waals surface area contributed by atoms with E-state index in [0.717, 1.165) is 3.70 Å². The van der Waals surface area contributed by atoms with Crippen LogP contribution < -0.4 is 0 Å². The van der Waals surface area contributed by atoms with Crippen molar-refractivity contribution in [3.63, 3.8) is 0 Å². The molecule has 0 bridgehead atoms. The van der Waals surface area contributed by atoms with E-state index in [1.165, 1.54) is 0 Å². The Morgan fingerprint density at radius 2 is 2.50 bits per heavy atom. The van der Waals surface area contributed by atoms with E-state index in [1.807, 2.05) is 10.2 Å². The Morgan fingerprint density at radius 1 is 1.75 bits per heavy atom. The maximum atomic E-state index is 4.01. The normalized spacial score (nSPS) is 9.75. The van der Waals surface area contributed by atoms with E-state index < -0.39 is 0 Å². The lowest BCUT2D eigenvalue weighted by Crippen LogP contribution is -1.70. The molecule has 5 heteroatoms. The Balaban J connectivity index is 2.84. The van der Waals surface area contributed by atoms with Gasteiger partial charge in [0, 0.05) is 30.3 Å². The minimum Gasteiger partial charge on any atom is -0.270 e. The van der Waals surface area contributed by atoms with Crippen molar-refractivity contribution in [1.82, 2.24) is 8.96 Å². The van der Waals surface area contributed by atoms with Crippen molar-refractivity contribution < 1.29 is 0 Å². The molecular formula is C3H2I2N2S. The summed E-state index contributed by atoms with van der Waals surface area (Å²) >= 11 is 4.38. The fourth-order valence-corrected chi connectivity index (χ4v) is 1.80. The van der Waals surface area contributed by atoms with E-state index in [4.69, 9.17) is 0 Å². The lowest BCUT2D eigenvalue weighted by Gasteiger charge is -1.84. The van der Waals surface area contributed by atoms with Crippen molar-refractivity contribution in [2.75, 3.05) is 0 Å². The van der Waals surface area contributed by atoms with Crippen molar-refractivity contribution in [3.8, 4) is 0 Å². The number of hydrogen-bond acceptors (Lipinski definition) is 2. The fourth-order valence-electron chi connectivity index (χ4n) is 0.321. The molecule has 44 valence electrons. The molecular weight excluding hydrogens is 350 g/mol. The fraction of sp³-hybridized carbons (Fsp3) is 0. The average Bonchev–Trinajstić information content (AvgIpc) is 2.14. The summed E-state index contributed by atoms with van der Waals surface area (Å²) in [5.41, 5.74) is 0. The maximum absolute atomic E-state index is 4.01. The highest BCUT2D eigenvalue weighted by Crippen LogP contribution is 2.15. The van der Waals surface area contributed by atoms with Gasteiger partial charge in [-0.25, -0.2) is 4.98 Å². The first-order valence-electron chi connectivity index (χ1n) is 1.81. The molecule has 0 aliphatic carbocycles.